The Morgan fingerprint density at radius 2 is 2.08 bits per heavy atom. The largest absolute Gasteiger partial charge is 0.309 e. The first-order valence-electron chi connectivity index (χ1n) is 3.64. The quantitative estimate of drug-likeness (QED) is 0.570. The highest BCUT2D eigenvalue weighted by Gasteiger charge is 1.87. The second-order valence-electron chi connectivity index (χ2n) is 2.28. The maximum atomic E-state index is 3.93. The van der Waals surface area contributed by atoms with Gasteiger partial charge in [0.05, 0.1) is 0 Å². The van der Waals surface area contributed by atoms with Crippen LogP contribution in [0, 0.1) is 0 Å². The summed E-state index contributed by atoms with van der Waals surface area (Å²) in [5.41, 5.74) is 1.25. The minimum absolute atomic E-state index is 0. The fraction of sp³-hybridized carbons (Fsp3) is 0.222. The molecule has 0 aliphatic rings. The maximum Gasteiger partial charge on any atom is 0.0271 e. The van der Waals surface area contributed by atoms with Gasteiger partial charge in [-0.05, 0) is 17.7 Å². The van der Waals surface area contributed by atoms with Crippen LogP contribution in [0.3, 0.4) is 0 Å². The summed E-state index contributed by atoms with van der Waals surface area (Å²) in [6.07, 6.45) is 5.44. The van der Waals surface area contributed by atoms with Crippen molar-refractivity contribution in [1.29, 1.82) is 0 Å². The third-order valence-electron chi connectivity index (χ3n) is 1.37. The van der Waals surface area contributed by atoms with E-state index in [0.29, 0.717) is 0 Å². The fourth-order valence-corrected chi connectivity index (χ4v) is 0.819. The van der Waals surface area contributed by atoms with Gasteiger partial charge in [-0.25, -0.2) is 0 Å². The van der Waals surface area contributed by atoms with Gasteiger partial charge in [0.1, 0.15) is 0 Å². The zero-order chi connectivity index (χ0) is 7.94. The predicted octanol–water partition coefficient (Wildman–Crippen LogP) is 1.78. The van der Waals surface area contributed by atoms with Gasteiger partial charge >= 0.3 is 0 Å². The molecule has 0 fully saturated rings. The highest BCUT2D eigenvalue weighted by Crippen LogP contribution is 1.93. The average molecular weight is 185 g/mol. The number of hydrogen-bond acceptors (Lipinski definition) is 2. The number of aromatic nitrogens is 1. The molecule has 0 amide bonds. The van der Waals surface area contributed by atoms with Crippen molar-refractivity contribution in [2.24, 2.45) is 0 Å². The molecule has 3 heteroatoms. The molecule has 0 saturated heterocycles. The molecule has 0 atom stereocenters. The Balaban J connectivity index is 0.00000121. The second-order valence-corrected chi connectivity index (χ2v) is 2.28. The van der Waals surface area contributed by atoms with E-state index < -0.39 is 0 Å². The molecule has 0 spiro atoms. The third kappa shape index (κ3) is 4.11. The van der Waals surface area contributed by atoms with E-state index >= 15 is 0 Å². The highest BCUT2D eigenvalue weighted by atomic mass is 35.5. The monoisotopic (exact) mass is 184 g/mol. The lowest BCUT2D eigenvalue weighted by Crippen LogP contribution is -2.12. The number of halogens is 1. The zero-order valence-electron chi connectivity index (χ0n) is 6.86. The van der Waals surface area contributed by atoms with Crippen LogP contribution >= 0.6 is 12.4 Å². The van der Waals surface area contributed by atoms with Crippen molar-refractivity contribution in [3.8, 4) is 0 Å². The van der Waals surface area contributed by atoms with E-state index in [9.17, 15) is 0 Å². The second kappa shape index (κ2) is 6.83. The summed E-state index contributed by atoms with van der Waals surface area (Å²) in [6.45, 7) is 5.35. The molecule has 0 unspecified atom stereocenters. The van der Waals surface area contributed by atoms with Gasteiger partial charge in [0.25, 0.3) is 0 Å². The topological polar surface area (TPSA) is 24.9 Å². The lowest BCUT2D eigenvalue weighted by Gasteiger charge is -1.99. The van der Waals surface area contributed by atoms with Crippen LogP contribution < -0.4 is 5.32 Å². The molecule has 1 heterocycles. The van der Waals surface area contributed by atoms with Crippen LogP contribution in [0.2, 0.25) is 0 Å². The molecule has 0 aliphatic carbocycles. The van der Waals surface area contributed by atoms with Gasteiger partial charge in [-0.1, -0.05) is 6.08 Å². The Morgan fingerprint density at radius 1 is 1.42 bits per heavy atom. The minimum Gasteiger partial charge on any atom is -0.309 e. The van der Waals surface area contributed by atoms with Crippen LogP contribution in [0.4, 0.5) is 0 Å². The van der Waals surface area contributed by atoms with Crippen molar-refractivity contribution < 1.29 is 0 Å². The van der Waals surface area contributed by atoms with Crippen molar-refractivity contribution in [3.05, 3.63) is 42.7 Å². The summed E-state index contributed by atoms with van der Waals surface area (Å²) < 4.78 is 0. The van der Waals surface area contributed by atoms with E-state index in [1.54, 1.807) is 12.4 Å². The molecule has 0 aliphatic heterocycles. The molecule has 2 nitrogen and oxygen atoms in total. The van der Waals surface area contributed by atoms with E-state index in [1.807, 2.05) is 18.2 Å². The summed E-state index contributed by atoms with van der Waals surface area (Å²) in [7, 11) is 0. The van der Waals surface area contributed by atoms with Crippen LogP contribution in [0.15, 0.2) is 37.2 Å². The number of nitrogens with zero attached hydrogens (tertiary/aromatic N) is 1. The van der Waals surface area contributed by atoms with Gasteiger partial charge < -0.3 is 5.32 Å². The molecule has 66 valence electrons. The van der Waals surface area contributed by atoms with Crippen molar-refractivity contribution in [2.45, 2.75) is 6.54 Å². The van der Waals surface area contributed by atoms with Crippen LogP contribution in [-0.4, -0.2) is 11.5 Å². The standard InChI is InChI=1S/C9H12N2.ClH/c1-2-5-11-8-9-3-6-10-7-4-9;/h2-4,6-7,11H,1,5,8H2;1H. The highest BCUT2D eigenvalue weighted by molar-refractivity contribution is 5.85. The van der Waals surface area contributed by atoms with Gasteiger partial charge in [0, 0.05) is 25.5 Å². The van der Waals surface area contributed by atoms with E-state index in [0.717, 1.165) is 13.1 Å². The first-order chi connectivity index (χ1) is 5.43. The normalized spacial score (nSPS) is 8.67. The third-order valence-corrected chi connectivity index (χ3v) is 1.37. The summed E-state index contributed by atoms with van der Waals surface area (Å²) in [5.74, 6) is 0. The molecule has 0 radical (unpaired) electrons. The van der Waals surface area contributed by atoms with Gasteiger partial charge in [0.2, 0.25) is 0 Å². The Labute approximate surface area is 79.1 Å². The maximum absolute atomic E-state index is 3.93. The summed E-state index contributed by atoms with van der Waals surface area (Å²) in [5, 5.41) is 3.21. The van der Waals surface area contributed by atoms with Crippen molar-refractivity contribution in [3.63, 3.8) is 0 Å². The molecule has 0 bridgehead atoms. The lowest BCUT2D eigenvalue weighted by atomic mass is 10.3. The van der Waals surface area contributed by atoms with Gasteiger partial charge in [0.15, 0.2) is 0 Å². The first-order valence-corrected chi connectivity index (χ1v) is 3.64. The van der Waals surface area contributed by atoms with Crippen LogP contribution in [0.5, 0.6) is 0 Å². The van der Waals surface area contributed by atoms with E-state index in [-0.39, 0.29) is 12.4 Å². The predicted molar refractivity (Wildman–Crippen MR) is 53.4 cm³/mol. The molecule has 1 rings (SSSR count). The van der Waals surface area contributed by atoms with E-state index in [2.05, 4.69) is 16.9 Å². The number of nitrogens with one attached hydrogen (secondary N) is 1. The molecule has 0 saturated carbocycles. The zero-order valence-corrected chi connectivity index (χ0v) is 7.68. The molecule has 1 N–H and O–H groups in total. The van der Waals surface area contributed by atoms with E-state index in [1.165, 1.54) is 5.56 Å². The average Bonchev–Trinajstić information content (AvgIpc) is 2.07. The smallest absolute Gasteiger partial charge is 0.0271 e. The van der Waals surface area contributed by atoms with Crippen molar-refractivity contribution >= 4 is 12.4 Å². The summed E-state index contributed by atoms with van der Waals surface area (Å²) >= 11 is 0. The first kappa shape index (κ1) is 11.1. The molecule has 12 heavy (non-hydrogen) atoms. The molecule has 1 aromatic heterocycles. The summed E-state index contributed by atoms with van der Waals surface area (Å²) in [6, 6.07) is 3.99. The Bertz CT molecular complexity index is 211. The Hall–Kier alpha value is -0.860. The van der Waals surface area contributed by atoms with Gasteiger partial charge in [-0.15, -0.1) is 19.0 Å². The van der Waals surface area contributed by atoms with Crippen molar-refractivity contribution in [1.82, 2.24) is 10.3 Å². The van der Waals surface area contributed by atoms with E-state index in [4.69, 9.17) is 0 Å². The molecule has 1 aromatic rings. The van der Waals surface area contributed by atoms with Crippen LogP contribution in [0.1, 0.15) is 5.56 Å². The minimum atomic E-state index is 0. The lowest BCUT2D eigenvalue weighted by molar-refractivity contribution is 0.759. The van der Waals surface area contributed by atoms with Crippen LogP contribution in [-0.2, 0) is 6.54 Å². The molecule has 0 aromatic carbocycles. The fourth-order valence-electron chi connectivity index (χ4n) is 0.819. The van der Waals surface area contributed by atoms with Gasteiger partial charge in [-0.2, -0.15) is 0 Å². The van der Waals surface area contributed by atoms with Crippen LogP contribution in [0.25, 0.3) is 0 Å². The van der Waals surface area contributed by atoms with Gasteiger partial charge in [-0.3, -0.25) is 4.98 Å². The number of hydrogen-bond donors (Lipinski definition) is 1. The van der Waals surface area contributed by atoms with Crippen molar-refractivity contribution in [2.75, 3.05) is 6.54 Å². The number of rotatable bonds is 4. The Kier molecular flexibility index (Phi) is 6.34. The summed E-state index contributed by atoms with van der Waals surface area (Å²) in [4.78, 5) is 3.93. The molecular formula is C9H13ClN2. The number of pyridine rings is 1. The Morgan fingerprint density at radius 3 is 2.67 bits per heavy atom. The molecular weight excluding hydrogens is 172 g/mol. The SMILES string of the molecule is C=CCNCc1ccncc1.Cl.